The second-order valence-electron chi connectivity index (χ2n) is 4.09. The van der Waals surface area contributed by atoms with Crippen LogP contribution in [0.5, 0.6) is 0 Å². The van der Waals surface area contributed by atoms with E-state index >= 15 is 0 Å². The lowest BCUT2D eigenvalue weighted by Gasteiger charge is -2.15. The van der Waals surface area contributed by atoms with Crippen LogP contribution in [0.1, 0.15) is 12.6 Å². The molecule has 18 heavy (non-hydrogen) atoms. The Labute approximate surface area is 103 Å². The Hall–Kier alpha value is -1.64. The van der Waals surface area contributed by atoms with Gasteiger partial charge in [0.2, 0.25) is 0 Å². The summed E-state index contributed by atoms with van der Waals surface area (Å²) in [5, 5.41) is 21.4. The van der Waals surface area contributed by atoms with E-state index < -0.39 is 24.1 Å². The monoisotopic (exact) mass is 256 g/mol. The average molecular weight is 256 g/mol. The number of nitrogens with zero attached hydrogens (tertiary/aromatic N) is 2. The molecular formula is C10H16N4O4. The lowest BCUT2D eigenvalue weighted by molar-refractivity contribution is -0.0458. The molecule has 1 aliphatic heterocycles. The number of aliphatic hydroxyl groups excluding tert-OH is 2. The summed E-state index contributed by atoms with van der Waals surface area (Å²) in [5.74, 6) is 0.107. The number of rotatable bonds is 3. The maximum atomic E-state index is 11.7. The van der Waals surface area contributed by atoms with Crippen LogP contribution in [-0.4, -0.2) is 45.6 Å². The molecule has 0 aromatic carbocycles. The van der Waals surface area contributed by atoms with Crippen molar-refractivity contribution in [1.29, 1.82) is 0 Å². The van der Waals surface area contributed by atoms with Crippen LogP contribution in [-0.2, 0) is 4.74 Å². The van der Waals surface area contributed by atoms with Crippen molar-refractivity contribution < 1.29 is 14.9 Å². The SMILES string of the molecule is CNc1cn([C@H]2C[C@H](O)[C@@H](CO)O2)c(=O)nc1N. The summed E-state index contributed by atoms with van der Waals surface area (Å²) < 4.78 is 6.63. The van der Waals surface area contributed by atoms with Gasteiger partial charge in [-0.15, -0.1) is 0 Å². The highest BCUT2D eigenvalue weighted by molar-refractivity contribution is 5.59. The molecule has 3 atom stereocenters. The van der Waals surface area contributed by atoms with E-state index in [9.17, 15) is 9.90 Å². The molecule has 0 unspecified atom stereocenters. The maximum absolute atomic E-state index is 11.7. The highest BCUT2D eigenvalue weighted by atomic mass is 16.5. The van der Waals surface area contributed by atoms with Crippen LogP contribution in [0, 0.1) is 0 Å². The highest BCUT2D eigenvalue weighted by Gasteiger charge is 2.35. The third-order valence-electron chi connectivity index (χ3n) is 2.94. The van der Waals surface area contributed by atoms with Gasteiger partial charge in [-0.25, -0.2) is 4.79 Å². The Kier molecular flexibility index (Phi) is 3.50. The molecule has 0 spiro atoms. The van der Waals surface area contributed by atoms with Crippen molar-refractivity contribution in [3.05, 3.63) is 16.7 Å². The van der Waals surface area contributed by atoms with Crippen molar-refractivity contribution in [2.45, 2.75) is 24.9 Å². The van der Waals surface area contributed by atoms with E-state index in [0.717, 1.165) is 0 Å². The van der Waals surface area contributed by atoms with Crippen molar-refractivity contribution in [3.8, 4) is 0 Å². The molecule has 0 radical (unpaired) electrons. The molecule has 0 saturated carbocycles. The Bertz CT molecular complexity index is 489. The first kappa shape index (κ1) is 12.8. The van der Waals surface area contributed by atoms with E-state index in [1.165, 1.54) is 10.8 Å². The Morgan fingerprint density at radius 2 is 2.44 bits per heavy atom. The molecule has 1 fully saturated rings. The lowest BCUT2D eigenvalue weighted by Crippen LogP contribution is -2.28. The molecule has 100 valence electrons. The van der Waals surface area contributed by atoms with E-state index in [4.69, 9.17) is 15.6 Å². The molecule has 2 rings (SSSR count). The molecule has 1 aliphatic rings. The van der Waals surface area contributed by atoms with Crippen molar-refractivity contribution in [3.63, 3.8) is 0 Å². The van der Waals surface area contributed by atoms with Gasteiger partial charge < -0.3 is 26.0 Å². The zero-order chi connectivity index (χ0) is 13.3. The molecule has 1 aromatic rings. The first-order valence-corrected chi connectivity index (χ1v) is 5.57. The fourth-order valence-electron chi connectivity index (χ4n) is 1.93. The number of anilines is 2. The molecule has 8 heteroatoms. The lowest BCUT2D eigenvalue weighted by atomic mass is 10.2. The van der Waals surface area contributed by atoms with E-state index in [0.29, 0.717) is 5.69 Å². The number of aromatic nitrogens is 2. The van der Waals surface area contributed by atoms with Crippen molar-refractivity contribution in [2.24, 2.45) is 0 Å². The number of nitrogens with one attached hydrogen (secondary N) is 1. The molecule has 0 bridgehead atoms. The molecule has 8 nitrogen and oxygen atoms in total. The molecule has 1 aromatic heterocycles. The van der Waals surface area contributed by atoms with Gasteiger partial charge in [-0.2, -0.15) is 4.98 Å². The summed E-state index contributed by atoms with van der Waals surface area (Å²) in [6, 6.07) is 0. The standard InChI is InChI=1S/C10H16N4O4/c1-12-5-3-14(10(17)13-9(5)11)8-2-6(16)7(4-15)18-8/h3,6-8,12,15-16H,2,4H2,1H3,(H2,11,13,17)/t6-,7+,8+/m0/s1. The second-order valence-corrected chi connectivity index (χ2v) is 4.09. The third kappa shape index (κ3) is 2.17. The second kappa shape index (κ2) is 4.92. The summed E-state index contributed by atoms with van der Waals surface area (Å²) in [7, 11) is 1.66. The van der Waals surface area contributed by atoms with Gasteiger partial charge in [-0.05, 0) is 0 Å². The molecule has 1 saturated heterocycles. The van der Waals surface area contributed by atoms with Crippen LogP contribution in [0.4, 0.5) is 11.5 Å². The maximum Gasteiger partial charge on any atom is 0.351 e. The van der Waals surface area contributed by atoms with Gasteiger partial charge in [0.05, 0.1) is 18.4 Å². The molecule has 0 aliphatic carbocycles. The van der Waals surface area contributed by atoms with E-state index in [1.54, 1.807) is 7.05 Å². The number of aliphatic hydroxyl groups is 2. The average Bonchev–Trinajstić information content (AvgIpc) is 2.70. The van der Waals surface area contributed by atoms with Gasteiger partial charge in [0.25, 0.3) is 0 Å². The number of nitrogens with two attached hydrogens (primary N) is 1. The zero-order valence-electron chi connectivity index (χ0n) is 9.91. The minimum Gasteiger partial charge on any atom is -0.394 e. The normalized spacial score (nSPS) is 27.4. The van der Waals surface area contributed by atoms with Crippen LogP contribution in [0.25, 0.3) is 0 Å². The van der Waals surface area contributed by atoms with E-state index in [2.05, 4.69) is 10.3 Å². The summed E-state index contributed by atoms with van der Waals surface area (Å²) >= 11 is 0. The predicted octanol–water partition coefficient (Wildman–Crippen LogP) is -1.49. The number of ether oxygens (including phenoxy) is 1. The minimum absolute atomic E-state index is 0.107. The van der Waals surface area contributed by atoms with Gasteiger partial charge in [-0.1, -0.05) is 0 Å². The third-order valence-corrected chi connectivity index (χ3v) is 2.94. The first-order chi connectivity index (χ1) is 8.56. The smallest absolute Gasteiger partial charge is 0.351 e. The van der Waals surface area contributed by atoms with Crippen molar-refractivity contribution >= 4 is 11.5 Å². The predicted molar refractivity (Wildman–Crippen MR) is 64.1 cm³/mol. The van der Waals surface area contributed by atoms with Crippen LogP contribution in [0.3, 0.4) is 0 Å². The van der Waals surface area contributed by atoms with Crippen molar-refractivity contribution in [1.82, 2.24) is 9.55 Å². The summed E-state index contributed by atoms with van der Waals surface area (Å²) in [6.45, 7) is -0.298. The Morgan fingerprint density at radius 3 is 3.00 bits per heavy atom. The molecule has 5 N–H and O–H groups in total. The van der Waals surface area contributed by atoms with Crippen molar-refractivity contribution in [2.75, 3.05) is 24.7 Å². The Balaban J connectivity index is 2.32. The highest BCUT2D eigenvalue weighted by Crippen LogP contribution is 2.28. The molecular weight excluding hydrogens is 240 g/mol. The van der Waals surface area contributed by atoms with Crippen LogP contribution < -0.4 is 16.7 Å². The fraction of sp³-hybridized carbons (Fsp3) is 0.600. The molecule has 2 heterocycles. The largest absolute Gasteiger partial charge is 0.394 e. The van der Waals surface area contributed by atoms with Crippen LogP contribution >= 0.6 is 0 Å². The number of nitrogen functional groups attached to an aromatic ring is 1. The van der Waals surface area contributed by atoms with Crippen LogP contribution in [0.15, 0.2) is 11.0 Å². The van der Waals surface area contributed by atoms with Crippen LogP contribution in [0.2, 0.25) is 0 Å². The van der Waals surface area contributed by atoms with Gasteiger partial charge in [0.15, 0.2) is 5.82 Å². The van der Waals surface area contributed by atoms with Gasteiger partial charge in [-0.3, -0.25) is 4.57 Å². The number of hydrogen-bond donors (Lipinski definition) is 4. The van der Waals surface area contributed by atoms with E-state index in [-0.39, 0.29) is 18.8 Å². The fourth-order valence-corrected chi connectivity index (χ4v) is 1.93. The zero-order valence-corrected chi connectivity index (χ0v) is 9.91. The Morgan fingerprint density at radius 1 is 1.72 bits per heavy atom. The quantitative estimate of drug-likeness (QED) is 0.519. The number of hydrogen-bond acceptors (Lipinski definition) is 7. The molecule has 0 amide bonds. The van der Waals surface area contributed by atoms with E-state index in [1.807, 2.05) is 0 Å². The topological polar surface area (TPSA) is 123 Å². The van der Waals surface area contributed by atoms with Gasteiger partial charge >= 0.3 is 5.69 Å². The summed E-state index contributed by atoms with van der Waals surface area (Å²) in [6.07, 6.45) is -0.424. The first-order valence-electron chi connectivity index (χ1n) is 5.57. The van der Waals surface area contributed by atoms with Gasteiger partial charge in [0.1, 0.15) is 12.3 Å². The summed E-state index contributed by atoms with van der Waals surface area (Å²) in [5.41, 5.74) is 5.51. The summed E-state index contributed by atoms with van der Waals surface area (Å²) in [4.78, 5) is 15.4. The minimum atomic E-state index is -0.803. The van der Waals surface area contributed by atoms with Gasteiger partial charge in [0, 0.05) is 19.7 Å².